The average Bonchev–Trinajstić information content (AvgIpc) is 2.76. The quantitative estimate of drug-likeness (QED) is 0.464. The minimum Gasteiger partial charge on any atom is -0.497 e. The van der Waals surface area contributed by atoms with Crippen LogP contribution in [0.25, 0.3) is 10.9 Å². The molecule has 4 rings (SSSR count). The lowest BCUT2D eigenvalue weighted by molar-refractivity contribution is -0.138. The fourth-order valence-corrected chi connectivity index (χ4v) is 3.11. The molecule has 0 aliphatic heterocycles. The fourth-order valence-electron chi connectivity index (χ4n) is 3.11. The highest BCUT2D eigenvalue weighted by molar-refractivity contribution is 5.79. The Morgan fingerprint density at radius 2 is 1.74 bits per heavy atom. The van der Waals surface area contributed by atoms with Gasteiger partial charge in [-0.25, -0.2) is 4.98 Å². The van der Waals surface area contributed by atoms with Crippen LogP contribution in [-0.2, 0) is 12.7 Å². The first-order valence-electron chi connectivity index (χ1n) is 9.17. The number of methoxy groups -OCH3 is 1. The van der Waals surface area contributed by atoms with Crippen molar-refractivity contribution >= 4 is 10.9 Å². The van der Waals surface area contributed by atoms with Crippen molar-refractivity contribution in [3.63, 3.8) is 0 Å². The van der Waals surface area contributed by atoms with Crippen molar-refractivity contribution in [1.82, 2.24) is 14.5 Å². The summed E-state index contributed by atoms with van der Waals surface area (Å²) in [7, 11) is 1.58. The molecule has 0 aliphatic carbocycles. The van der Waals surface area contributed by atoms with E-state index in [0.717, 1.165) is 17.4 Å². The zero-order valence-corrected chi connectivity index (χ0v) is 16.3. The van der Waals surface area contributed by atoms with Crippen molar-refractivity contribution < 1.29 is 22.6 Å². The molecule has 0 bridgehead atoms. The van der Waals surface area contributed by atoms with E-state index in [2.05, 4.69) is 9.97 Å². The Bertz CT molecular complexity index is 1290. The Morgan fingerprint density at radius 1 is 1.00 bits per heavy atom. The molecular weight excluding hydrogens is 411 g/mol. The molecule has 0 N–H and O–H groups in total. The van der Waals surface area contributed by atoms with Crippen molar-refractivity contribution in [3.8, 4) is 17.4 Å². The Balaban J connectivity index is 1.69. The van der Waals surface area contributed by atoms with E-state index in [1.54, 1.807) is 17.7 Å². The van der Waals surface area contributed by atoms with Crippen LogP contribution >= 0.6 is 0 Å². The van der Waals surface area contributed by atoms with Gasteiger partial charge in [-0.3, -0.25) is 4.79 Å². The third kappa shape index (κ3) is 4.35. The molecule has 2 heterocycles. The van der Waals surface area contributed by atoms with Gasteiger partial charge in [0.05, 0.1) is 24.3 Å². The first-order chi connectivity index (χ1) is 14.8. The molecule has 0 radical (unpaired) electrons. The Kier molecular flexibility index (Phi) is 5.33. The summed E-state index contributed by atoms with van der Waals surface area (Å²) in [6.45, 7) is 0.437. The maximum atomic E-state index is 13.2. The number of halogens is 3. The second-order valence-corrected chi connectivity index (χ2v) is 6.66. The van der Waals surface area contributed by atoms with Gasteiger partial charge in [0, 0.05) is 12.7 Å². The summed E-state index contributed by atoms with van der Waals surface area (Å²) in [4.78, 5) is 19.9. The number of hydrogen-bond donors (Lipinski definition) is 0. The van der Waals surface area contributed by atoms with Gasteiger partial charge in [0.1, 0.15) is 17.1 Å². The molecule has 9 heteroatoms. The first-order valence-corrected chi connectivity index (χ1v) is 9.17. The van der Waals surface area contributed by atoms with E-state index in [9.17, 15) is 18.0 Å². The molecule has 6 nitrogen and oxygen atoms in total. The normalized spacial score (nSPS) is 11.5. The largest absolute Gasteiger partial charge is 0.497 e. The van der Waals surface area contributed by atoms with Gasteiger partial charge in [-0.15, -0.1) is 0 Å². The number of alkyl halides is 3. The van der Waals surface area contributed by atoms with Crippen LogP contribution < -0.4 is 15.0 Å². The molecule has 0 fully saturated rings. The molecule has 31 heavy (non-hydrogen) atoms. The number of fused-ring (bicyclic) bond motifs is 1. The highest BCUT2D eigenvalue weighted by atomic mass is 19.4. The van der Waals surface area contributed by atoms with Gasteiger partial charge < -0.3 is 14.0 Å². The number of rotatable bonds is 5. The molecule has 2 aromatic carbocycles. The van der Waals surface area contributed by atoms with E-state index in [4.69, 9.17) is 9.47 Å². The van der Waals surface area contributed by atoms with Crippen LogP contribution in [0.15, 0.2) is 71.9 Å². The molecular formula is C22H16F3N3O3. The Morgan fingerprint density at radius 3 is 2.45 bits per heavy atom. The minimum atomic E-state index is -4.62. The number of nitrogens with zero attached hydrogens (tertiary/aromatic N) is 3. The molecule has 2 aromatic heterocycles. The summed E-state index contributed by atoms with van der Waals surface area (Å²) in [6.07, 6.45) is -1.99. The summed E-state index contributed by atoms with van der Waals surface area (Å²) < 4.78 is 51.8. The van der Waals surface area contributed by atoms with Gasteiger partial charge in [-0.2, -0.15) is 18.2 Å². The van der Waals surface area contributed by atoms with Crippen LogP contribution in [0.4, 0.5) is 13.2 Å². The third-order valence-electron chi connectivity index (χ3n) is 4.63. The smallest absolute Gasteiger partial charge is 0.421 e. The lowest BCUT2D eigenvalue weighted by Crippen LogP contribution is -2.13. The maximum Gasteiger partial charge on any atom is 0.421 e. The zero-order chi connectivity index (χ0) is 22.0. The number of pyridine rings is 1. The van der Waals surface area contributed by atoms with Crippen LogP contribution in [0.2, 0.25) is 0 Å². The van der Waals surface area contributed by atoms with Gasteiger partial charge in [0.2, 0.25) is 5.88 Å². The summed E-state index contributed by atoms with van der Waals surface area (Å²) in [5.41, 5.74) is 0.0121. The molecule has 0 unspecified atom stereocenters. The van der Waals surface area contributed by atoms with Crippen LogP contribution in [0.1, 0.15) is 11.1 Å². The lowest BCUT2D eigenvalue weighted by Gasteiger charge is -2.14. The van der Waals surface area contributed by atoms with Crippen molar-refractivity contribution in [1.29, 1.82) is 0 Å². The summed E-state index contributed by atoms with van der Waals surface area (Å²) in [5.74, 6) is 0.191. The van der Waals surface area contributed by atoms with Gasteiger partial charge in [-0.1, -0.05) is 12.1 Å². The first kappa shape index (κ1) is 20.4. The molecule has 0 spiro atoms. The molecule has 0 saturated carbocycles. The molecule has 0 amide bonds. The highest BCUT2D eigenvalue weighted by Gasteiger charge is 2.35. The van der Waals surface area contributed by atoms with Crippen LogP contribution in [-0.4, -0.2) is 21.6 Å². The lowest BCUT2D eigenvalue weighted by atomic mass is 10.2. The van der Waals surface area contributed by atoms with Crippen LogP contribution in [0.3, 0.4) is 0 Å². The monoisotopic (exact) mass is 427 g/mol. The molecule has 158 valence electrons. The van der Waals surface area contributed by atoms with Crippen molar-refractivity contribution in [3.05, 3.63) is 88.6 Å². The minimum absolute atomic E-state index is 0.0535. The van der Waals surface area contributed by atoms with E-state index in [0.29, 0.717) is 12.1 Å². The second-order valence-electron chi connectivity index (χ2n) is 6.66. The predicted molar refractivity (Wildman–Crippen MR) is 107 cm³/mol. The Labute approximate surface area is 174 Å². The van der Waals surface area contributed by atoms with Crippen molar-refractivity contribution in [2.75, 3.05) is 7.11 Å². The Hall–Kier alpha value is -3.88. The van der Waals surface area contributed by atoms with E-state index < -0.39 is 23.2 Å². The van der Waals surface area contributed by atoms with Crippen LogP contribution in [0, 0.1) is 0 Å². The zero-order valence-electron chi connectivity index (χ0n) is 16.3. The van der Waals surface area contributed by atoms with Crippen molar-refractivity contribution in [2.45, 2.75) is 12.7 Å². The van der Waals surface area contributed by atoms with Gasteiger partial charge in [0.25, 0.3) is 5.56 Å². The van der Waals surface area contributed by atoms with E-state index in [1.165, 1.54) is 30.7 Å². The molecule has 0 atom stereocenters. The van der Waals surface area contributed by atoms with Crippen LogP contribution in [0.5, 0.6) is 17.4 Å². The second kappa shape index (κ2) is 8.10. The summed E-state index contributed by atoms with van der Waals surface area (Å²) in [6, 6.07) is 13.9. The summed E-state index contributed by atoms with van der Waals surface area (Å²) in [5, 5.41) is 0.220. The molecule has 4 aromatic rings. The number of ether oxygens (including phenoxy) is 2. The van der Waals surface area contributed by atoms with E-state index in [-0.39, 0.29) is 11.1 Å². The number of aromatic nitrogens is 3. The van der Waals surface area contributed by atoms with E-state index >= 15 is 0 Å². The predicted octanol–water partition coefficient (Wildman–Crippen LogP) is 4.66. The maximum absolute atomic E-state index is 13.2. The molecule has 0 saturated heterocycles. The third-order valence-corrected chi connectivity index (χ3v) is 4.63. The highest BCUT2D eigenvalue weighted by Crippen LogP contribution is 2.36. The molecule has 0 aliphatic rings. The van der Waals surface area contributed by atoms with Gasteiger partial charge >= 0.3 is 6.18 Å². The van der Waals surface area contributed by atoms with E-state index in [1.807, 2.05) is 24.3 Å². The fraction of sp³-hybridized carbons (Fsp3) is 0.136. The number of benzene rings is 2. The average molecular weight is 427 g/mol. The number of hydrogen-bond acceptors (Lipinski definition) is 5. The SMILES string of the molecule is COc1ccc(Cn2cnc(=O)c3cc(Oc4ncccc4C(F)(F)F)ccc32)cc1. The van der Waals surface area contributed by atoms with Crippen molar-refractivity contribution in [2.24, 2.45) is 0 Å². The standard InChI is InChI=1S/C22H16F3N3O3/c1-30-15-6-4-14(5-7-15)12-28-13-27-20(29)17-11-16(8-9-19(17)28)31-21-18(22(23,24)25)3-2-10-26-21/h2-11,13H,12H2,1H3. The topological polar surface area (TPSA) is 66.2 Å². The van der Waals surface area contributed by atoms with Gasteiger partial charge in [-0.05, 0) is 48.0 Å². The van der Waals surface area contributed by atoms with Gasteiger partial charge in [0.15, 0.2) is 0 Å². The summed E-state index contributed by atoms with van der Waals surface area (Å²) >= 11 is 0.